The lowest BCUT2D eigenvalue weighted by Crippen LogP contribution is -2.59. The molecule has 4 aliphatic heterocycles. The van der Waals surface area contributed by atoms with Crippen molar-refractivity contribution in [3.63, 3.8) is 0 Å². The molecule has 11 heteroatoms. The van der Waals surface area contributed by atoms with E-state index in [1.165, 1.54) is 12.0 Å². The molecule has 2 N–H and O–H groups in total. The van der Waals surface area contributed by atoms with Gasteiger partial charge in [0.05, 0.1) is 37.3 Å². The molecule has 0 bridgehead atoms. The third-order valence-corrected chi connectivity index (χ3v) is 10.7. The lowest BCUT2D eigenvalue weighted by molar-refractivity contribution is -0.163. The molecule has 4 aliphatic rings. The van der Waals surface area contributed by atoms with Crippen LogP contribution in [0.5, 0.6) is 0 Å². The Bertz CT molecular complexity index is 1620. The highest BCUT2D eigenvalue weighted by Crippen LogP contribution is 2.54. The fourth-order valence-corrected chi connectivity index (χ4v) is 8.35. The topological polar surface area (TPSA) is 135 Å². The van der Waals surface area contributed by atoms with Gasteiger partial charge in [-0.3, -0.25) is 19.2 Å². The van der Waals surface area contributed by atoms with E-state index in [0.717, 1.165) is 18.4 Å². The smallest absolute Gasteiger partial charge is 0.313 e. The fourth-order valence-electron chi connectivity index (χ4n) is 8.35. The molecular weight excluding hydrogens is 650 g/mol. The zero-order valence-corrected chi connectivity index (χ0v) is 29.6. The number of hydrogen-bond acceptors (Lipinski definition) is 8. The number of rotatable bonds is 10. The fraction of sp³-hybridized carbons (Fsp3) is 0.500. The number of allylic oxidation sites excluding steroid dienone is 1. The van der Waals surface area contributed by atoms with E-state index in [-0.39, 0.29) is 30.9 Å². The molecule has 0 radical (unpaired) electrons. The molecular formula is C40H49N3O8. The number of carbonyl (C=O) groups excluding carboxylic acids is 4. The number of cyclic esters (lactones) is 1. The van der Waals surface area contributed by atoms with Crippen LogP contribution < -0.4 is 5.32 Å². The van der Waals surface area contributed by atoms with Crippen LogP contribution >= 0.6 is 0 Å². The van der Waals surface area contributed by atoms with Gasteiger partial charge in [0.15, 0.2) is 0 Å². The Labute approximate surface area is 299 Å². The number of aliphatic hydroxyl groups is 1. The van der Waals surface area contributed by atoms with Gasteiger partial charge in [-0.1, -0.05) is 98.3 Å². The Balaban J connectivity index is 1.47. The molecule has 272 valence electrons. The first-order chi connectivity index (χ1) is 24.7. The van der Waals surface area contributed by atoms with E-state index >= 15 is 4.79 Å². The summed E-state index contributed by atoms with van der Waals surface area (Å²) < 4.78 is 18.7. The number of ether oxygens (including phenoxy) is 3. The van der Waals surface area contributed by atoms with E-state index < -0.39 is 66.3 Å². The summed E-state index contributed by atoms with van der Waals surface area (Å²) in [6, 6.07) is 15.9. The van der Waals surface area contributed by atoms with Crippen molar-refractivity contribution in [2.45, 2.75) is 87.9 Å². The third kappa shape index (κ3) is 7.11. The quantitative estimate of drug-likeness (QED) is 0.284. The Morgan fingerprint density at radius 2 is 1.75 bits per heavy atom. The van der Waals surface area contributed by atoms with Gasteiger partial charge in [0, 0.05) is 26.1 Å². The first kappa shape index (κ1) is 36.5. The van der Waals surface area contributed by atoms with Crippen LogP contribution in [0, 0.1) is 11.8 Å². The van der Waals surface area contributed by atoms with E-state index in [9.17, 15) is 19.5 Å². The predicted molar refractivity (Wildman–Crippen MR) is 189 cm³/mol. The summed E-state index contributed by atoms with van der Waals surface area (Å²) in [7, 11) is 1.51. The predicted octanol–water partition coefficient (Wildman–Crippen LogP) is 3.52. The maximum absolute atomic E-state index is 15.1. The number of aliphatic hydroxyl groups excluding tert-OH is 1. The minimum Gasteiger partial charge on any atom is -0.455 e. The lowest BCUT2D eigenvalue weighted by atomic mass is 9.77. The Morgan fingerprint density at radius 3 is 2.43 bits per heavy atom. The molecule has 1 spiro atoms. The van der Waals surface area contributed by atoms with Crippen LogP contribution in [0.25, 0.3) is 0 Å². The normalized spacial score (nSPS) is 31.3. The van der Waals surface area contributed by atoms with Gasteiger partial charge in [-0.25, -0.2) is 0 Å². The molecule has 51 heavy (non-hydrogen) atoms. The monoisotopic (exact) mass is 699 g/mol. The van der Waals surface area contributed by atoms with Crippen molar-refractivity contribution in [1.82, 2.24) is 15.1 Å². The number of benzene rings is 2. The van der Waals surface area contributed by atoms with Gasteiger partial charge in [0.2, 0.25) is 17.7 Å². The first-order valence-electron chi connectivity index (χ1n) is 18.1. The van der Waals surface area contributed by atoms with Crippen LogP contribution in [0.2, 0.25) is 0 Å². The molecule has 2 fully saturated rings. The van der Waals surface area contributed by atoms with Gasteiger partial charge in [0.25, 0.3) is 0 Å². The summed E-state index contributed by atoms with van der Waals surface area (Å²) in [5.74, 6) is -3.88. The number of fused-ring (bicyclic) bond motifs is 2. The summed E-state index contributed by atoms with van der Waals surface area (Å²) in [6.07, 6.45) is 7.79. The molecule has 9 atom stereocenters. The highest BCUT2D eigenvalue weighted by molar-refractivity contribution is 5.99. The van der Waals surface area contributed by atoms with Gasteiger partial charge >= 0.3 is 5.97 Å². The Kier molecular flexibility index (Phi) is 11.4. The number of amides is 3. The molecule has 0 aliphatic carbocycles. The maximum atomic E-state index is 15.1. The van der Waals surface area contributed by atoms with Crippen molar-refractivity contribution in [2.75, 3.05) is 26.9 Å². The minimum absolute atomic E-state index is 0.0713. The molecule has 2 aromatic carbocycles. The van der Waals surface area contributed by atoms with E-state index in [1.807, 2.05) is 73.7 Å². The van der Waals surface area contributed by atoms with Crippen LogP contribution in [-0.4, -0.2) is 101 Å². The SMILES string of the molecule is CCCC(C)N1CC=C[C@@]23O[C@H]4/C=C\CCC(=O)N[C@@H](COC)[C@H](c5ccccc5)OC(=O)[C@H]4[C@@H]2C(=O)N([C@@H](CO)Cc2ccccc2)[C@H]3C1=O. The number of carbonyl (C=O) groups is 4. The van der Waals surface area contributed by atoms with Gasteiger partial charge in [-0.15, -0.1) is 0 Å². The van der Waals surface area contributed by atoms with Crippen LogP contribution in [0.15, 0.2) is 85.0 Å². The summed E-state index contributed by atoms with van der Waals surface area (Å²) in [6.45, 7) is 4.05. The van der Waals surface area contributed by atoms with Crippen molar-refractivity contribution >= 4 is 23.7 Å². The first-order valence-corrected chi connectivity index (χ1v) is 18.1. The molecule has 11 nitrogen and oxygen atoms in total. The second-order valence-electron chi connectivity index (χ2n) is 14.0. The van der Waals surface area contributed by atoms with Gasteiger partial charge in [-0.2, -0.15) is 0 Å². The molecule has 4 heterocycles. The number of nitrogens with zero attached hydrogens (tertiary/aromatic N) is 2. The number of esters is 1. The second kappa shape index (κ2) is 15.9. The summed E-state index contributed by atoms with van der Waals surface area (Å²) in [5.41, 5.74) is 0.0315. The maximum Gasteiger partial charge on any atom is 0.313 e. The number of methoxy groups -OCH3 is 1. The molecule has 2 aromatic rings. The zero-order chi connectivity index (χ0) is 36.1. The average Bonchev–Trinajstić information content (AvgIpc) is 3.52. The van der Waals surface area contributed by atoms with Gasteiger partial charge in [0.1, 0.15) is 23.7 Å². The van der Waals surface area contributed by atoms with Crippen molar-refractivity contribution in [1.29, 1.82) is 0 Å². The summed E-state index contributed by atoms with van der Waals surface area (Å²) in [4.78, 5) is 60.9. The Hall–Kier alpha value is -4.32. The Morgan fingerprint density at radius 1 is 1.02 bits per heavy atom. The minimum atomic E-state index is -1.51. The number of hydrogen-bond donors (Lipinski definition) is 2. The lowest BCUT2D eigenvalue weighted by Gasteiger charge is -2.40. The van der Waals surface area contributed by atoms with Crippen molar-refractivity contribution in [3.05, 3.63) is 96.1 Å². The summed E-state index contributed by atoms with van der Waals surface area (Å²) >= 11 is 0. The average molecular weight is 700 g/mol. The van der Waals surface area contributed by atoms with E-state index in [0.29, 0.717) is 24.9 Å². The zero-order valence-electron chi connectivity index (χ0n) is 29.6. The van der Waals surface area contributed by atoms with Crippen molar-refractivity contribution in [3.8, 4) is 0 Å². The van der Waals surface area contributed by atoms with E-state index in [4.69, 9.17) is 14.2 Å². The molecule has 2 saturated heterocycles. The van der Waals surface area contributed by atoms with Crippen LogP contribution in [0.3, 0.4) is 0 Å². The van der Waals surface area contributed by atoms with Crippen LogP contribution in [0.4, 0.5) is 0 Å². The molecule has 0 saturated carbocycles. The highest BCUT2D eigenvalue weighted by Gasteiger charge is 2.72. The van der Waals surface area contributed by atoms with Gasteiger partial charge < -0.3 is 34.4 Å². The molecule has 6 rings (SSSR count). The van der Waals surface area contributed by atoms with Crippen molar-refractivity contribution in [2.24, 2.45) is 11.8 Å². The standard InChI is InChI=1S/C40H49N3O8/c1-4-14-26(2)42-22-13-21-40-34(37(46)43(36(40)38(42)47)29(24-44)23-27-15-7-5-8-16-27)33-31(51-40)19-11-12-20-32(45)41-30(25-49-3)35(50-39(33)48)28-17-9-6-10-18-28/h5-11,13,15-19,21,26,29-31,33-36,44H,4,12,14,20,22-25H2,1-3H3,(H,41,45)/b19-11-/t26?,29-,30+,31+,33-,34-,35+,36+,40-/m1/s1. The van der Waals surface area contributed by atoms with Crippen LogP contribution in [-0.2, 0) is 39.8 Å². The van der Waals surface area contributed by atoms with E-state index in [1.54, 1.807) is 23.1 Å². The second-order valence-corrected chi connectivity index (χ2v) is 14.0. The highest BCUT2D eigenvalue weighted by atomic mass is 16.6. The largest absolute Gasteiger partial charge is 0.455 e. The van der Waals surface area contributed by atoms with Crippen LogP contribution in [0.1, 0.15) is 56.8 Å². The van der Waals surface area contributed by atoms with Gasteiger partial charge in [-0.05, 0) is 37.3 Å². The number of likely N-dealkylation sites (tertiary alicyclic amines) is 1. The third-order valence-electron chi connectivity index (χ3n) is 10.7. The number of nitrogens with one attached hydrogen (secondary N) is 1. The van der Waals surface area contributed by atoms with E-state index in [2.05, 4.69) is 12.2 Å². The molecule has 1 unspecified atom stereocenters. The summed E-state index contributed by atoms with van der Waals surface area (Å²) in [5, 5.41) is 13.8. The van der Waals surface area contributed by atoms with Crippen molar-refractivity contribution < 1.29 is 38.5 Å². The molecule has 0 aromatic heterocycles. The molecule has 3 amide bonds.